The van der Waals surface area contributed by atoms with Crippen molar-refractivity contribution in [1.82, 2.24) is 20.5 Å². The maximum atomic E-state index is 12.4. The zero-order chi connectivity index (χ0) is 16.2. The normalized spacial score (nSPS) is 20.4. The molecule has 1 aromatic heterocycles. The number of hydrogen-bond acceptors (Lipinski definition) is 5. The van der Waals surface area contributed by atoms with Crippen LogP contribution >= 0.6 is 11.6 Å². The number of H-pyrrole nitrogens is 1. The summed E-state index contributed by atoms with van der Waals surface area (Å²) < 4.78 is 10.9. The van der Waals surface area contributed by atoms with Crippen LogP contribution in [0.5, 0.6) is 5.75 Å². The first-order valence-electron chi connectivity index (χ1n) is 7.26. The molecule has 2 atom stereocenters. The lowest BCUT2D eigenvalue weighted by Gasteiger charge is -2.18. The number of methoxy groups -OCH3 is 1. The van der Waals surface area contributed by atoms with Gasteiger partial charge in [-0.05, 0) is 24.6 Å². The number of carbonyl (C=O) groups excluding carboxylic acids is 1. The number of carbonyl (C=O) groups is 1. The van der Waals surface area contributed by atoms with Crippen molar-refractivity contribution in [3.8, 4) is 5.75 Å². The van der Waals surface area contributed by atoms with Gasteiger partial charge in [0, 0.05) is 17.2 Å². The summed E-state index contributed by atoms with van der Waals surface area (Å²) in [7, 11) is 1.56. The van der Waals surface area contributed by atoms with Gasteiger partial charge in [-0.2, -0.15) is 5.10 Å². The standard InChI is InChI=1S/C15H17ClN4O3/c1-22-12-3-2-10(16)6-9(12)7-13(21)19-11-4-5-23-14(11)15-17-8-18-20-15/h2-3,6,8,11,14H,4-5,7H2,1H3,(H,19,21)(H,17,18,20)/t11-,14+/m0/s1. The number of rotatable bonds is 5. The molecule has 1 fully saturated rings. The summed E-state index contributed by atoms with van der Waals surface area (Å²) in [5.41, 5.74) is 0.743. The summed E-state index contributed by atoms with van der Waals surface area (Å²) in [5, 5.41) is 10.2. The lowest BCUT2D eigenvalue weighted by atomic mass is 10.1. The Kier molecular flexibility index (Phi) is 4.78. The van der Waals surface area contributed by atoms with Crippen LogP contribution < -0.4 is 10.1 Å². The first-order chi connectivity index (χ1) is 11.2. The van der Waals surface area contributed by atoms with Crippen molar-refractivity contribution in [1.29, 1.82) is 0 Å². The van der Waals surface area contributed by atoms with Gasteiger partial charge in [0.2, 0.25) is 5.91 Å². The molecule has 2 aromatic rings. The molecule has 0 spiro atoms. The van der Waals surface area contributed by atoms with E-state index in [1.165, 1.54) is 6.33 Å². The Labute approximate surface area is 138 Å². The van der Waals surface area contributed by atoms with E-state index in [1.54, 1.807) is 25.3 Å². The van der Waals surface area contributed by atoms with Crippen molar-refractivity contribution in [2.45, 2.75) is 25.0 Å². The van der Waals surface area contributed by atoms with E-state index in [1.807, 2.05) is 0 Å². The van der Waals surface area contributed by atoms with E-state index in [-0.39, 0.29) is 24.5 Å². The van der Waals surface area contributed by atoms with Gasteiger partial charge >= 0.3 is 0 Å². The monoisotopic (exact) mass is 336 g/mol. The van der Waals surface area contributed by atoms with Crippen molar-refractivity contribution in [2.75, 3.05) is 13.7 Å². The Morgan fingerprint density at radius 3 is 3.17 bits per heavy atom. The van der Waals surface area contributed by atoms with Crippen molar-refractivity contribution in [3.63, 3.8) is 0 Å². The van der Waals surface area contributed by atoms with Gasteiger partial charge in [0.15, 0.2) is 5.82 Å². The Balaban J connectivity index is 1.66. The molecule has 2 heterocycles. The minimum atomic E-state index is -0.303. The van der Waals surface area contributed by atoms with Crippen LogP contribution in [0, 0.1) is 0 Å². The van der Waals surface area contributed by atoms with Gasteiger partial charge in [-0.3, -0.25) is 9.89 Å². The molecule has 1 amide bonds. The molecule has 1 aliphatic heterocycles. The van der Waals surface area contributed by atoms with Crippen LogP contribution in [0.1, 0.15) is 23.9 Å². The van der Waals surface area contributed by atoms with Gasteiger partial charge in [-0.1, -0.05) is 11.6 Å². The zero-order valence-corrected chi connectivity index (χ0v) is 13.3. The summed E-state index contributed by atoms with van der Waals surface area (Å²) in [6.07, 6.45) is 2.03. The fourth-order valence-corrected chi connectivity index (χ4v) is 2.87. The highest BCUT2D eigenvalue weighted by Gasteiger charge is 2.33. The maximum Gasteiger partial charge on any atom is 0.224 e. The molecule has 1 saturated heterocycles. The lowest BCUT2D eigenvalue weighted by molar-refractivity contribution is -0.121. The third-order valence-corrected chi connectivity index (χ3v) is 3.97. The minimum absolute atomic E-state index is 0.120. The number of benzene rings is 1. The Morgan fingerprint density at radius 1 is 1.57 bits per heavy atom. The van der Waals surface area contributed by atoms with E-state index in [2.05, 4.69) is 20.5 Å². The van der Waals surface area contributed by atoms with Crippen molar-refractivity contribution >= 4 is 17.5 Å². The third kappa shape index (κ3) is 3.62. The number of ether oxygens (including phenoxy) is 2. The highest BCUT2D eigenvalue weighted by Crippen LogP contribution is 2.27. The van der Waals surface area contributed by atoms with Crippen LogP contribution in [-0.2, 0) is 16.0 Å². The van der Waals surface area contributed by atoms with Crippen molar-refractivity contribution < 1.29 is 14.3 Å². The van der Waals surface area contributed by atoms with E-state index in [0.717, 1.165) is 12.0 Å². The van der Waals surface area contributed by atoms with E-state index in [9.17, 15) is 4.79 Å². The molecule has 0 aliphatic carbocycles. The molecule has 0 bridgehead atoms. The highest BCUT2D eigenvalue weighted by molar-refractivity contribution is 6.30. The predicted molar refractivity (Wildman–Crippen MR) is 83.3 cm³/mol. The molecule has 1 aliphatic rings. The third-order valence-electron chi connectivity index (χ3n) is 3.73. The molecule has 1 aromatic carbocycles. The minimum Gasteiger partial charge on any atom is -0.496 e. The van der Waals surface area contributed by atoms with Gasteiger partial charge in [-0.25, -0.2) is 4.98 Å². The van der Waals surface area contributed by atoms with Gasteiger partial charge < -0.3 is 14.8 Å². The average molecular weight is 337 g/mol. The molecular weight excluding hydrogens is 320 g/mol. The Hall–Kier alpha value is -2.12. The number of aromatic nitrogens is 3. The maximum absolute atomic E-state index is 12.4. The first-order valence-corrected chi connectivity index (χ1v) is 7.64. The number of amides is 1. The van der Waals surface area contributed by atoms with Crippen LogP contribution in [-0.4, -0.2) is 40.8 Å². The van der Waals surface area contributed by atoms with Crippen molar-refractivity contribution in [2.24, 2.45) is 0 Å². The Morgan fingerprint density at radius 2 is 2.43 bits per heavy atom. The second kappa shape index (κ2) is 6.97. The molecule has 23 heavy (non-hydrogen) atoms. The summed E-state index contributed by atoms with van der Waals surface area (Å²) in [4.78, 5) is 16.4. The van der Waals surface area contributed by atoms with Crippen LogP contribution in [0.25, 0.3) is 0 Å². The molecule has 0 radical (unpaired) electrons. The quantitative estimate of drug-likeness (QED) is 0.866. The van der Waals surface area contributed by atoms with Crippen LogP contribution in [0.4, 0.5) is 0 Å². The number of nitrogens with zero attached hydrogens (tertiary/aromatic N) is 2. The second-order valence-corrected chi connectivity index (χ2v) is 5.69. The molecule has 0 unspecified atom stereocenters. The first kappa shape index (κ1) is 15.8. The fourth-order valence-electron chi connectivity index (χ4n) is 2.67. The smallest absolute Gasteiger partial charge is 0.224 e. The molecule has 7 nitrogen and oxygen atoms in total. The van der Waals surface area contributed by atoms with Gasteiger partial charge in [0.25, 0.3) is 0 Å². The number of nitrogens with one attached hydrogen (secondary N) is 2. The highest BCUT2D eigenvalue weighted by atomic mass is 35.5. The molecule has 0 saturated carbocycles. The lowest BCUT2D eigenvalue weighted by Crippen LogP contribution is -2.38. The molecule has 8 heteroatoms. The van der Waals surface area contributed by atoms with Gasteiger partial charge in [0.1, 0.15) is 18.2 Å². The number of aromatic amines is 1. The molecular formula is C15H17ClN4O3. The molecule has 2 N–H and O–H groups in total. The van der Waals surface area contributed by atoms with Gasteiger partial charge in [0.05, 0.1) is 19.6 Å². The Bertz CT molecular complexity index is 677. The molecule has 122 valence electrons. The number of hydrogen-bond donors (Lipinski definition) is 2. The SMILES string of the molecule is COc1ccc(Cl)cc1CC(=O)N[C@H]1CCO[C@H]1c1ncn[nH]1. The fraction of sp³-hybridized carbons (Fsp3) is 0.400. The largest absolute Gasteiger partial charge is 0.496 e. The van der Waals surface area contributed by atoms with E-state index >= 15 is 0 Å². The van der Waals surface area contributed by atoms with Crippen LogP contribution in [0.2, 0.25) is 5.02 Å². The second-order valence-electron chi connectivity index (χ2n) is 5.26. The van der Waals surface area contributed by atoms with Crippen molar-refractivity contribution in [3.05, 3.63) is 40.9 Å². The van der Waals surface area contributed by atoms with Crippen LogP contribution in [0.3, 0.4) is 0 Å². The van der Waals surface area contributed by atoms with Crippen LogP contribution in [0.15, 0.2) is 24.5 Å². The topological polar surface area (TPSA) is 89.1 Å². The summed E-state index contributed by atoms with van der Waals surface area (Å²) in [6.45, 7) is 0.566. The van der Waals surface area contributed by atoms with E-state index < -0.39 is 0 Å². The summed E-state index contributed by atoms with van der Waals surface area (Å²) in [6, 6.07) is 5.08. The predicted octanol–water partition coefficient (Wildman–Crippen LogP) is 1.66. The average Bonchev–Trinajstić information content (AvgIpc) is 3.18. The van der Waals surface area contributed by atoms with Gasteiger partial charge in [-0.15, -0.1) is 0 Å². The molecule has 3 rings (SSSR count). The zero-order valence-electron chi connectivity index (χ0n) is 12.6. The van der Waals surface area contributed by atoms with E-state index in [0.29, 0.717) is 23.2 Å². The summed E-state index contributed by atoms with van der Waals surface area (Å²) in [5.74, 6) is 1.14. The van der Waals surface area contributed by atoms with E-state index in [4.69, 9.17) is 21.1 Å². The summed E-state index contributed by atoms with van der Waals surface area (Å²) >= 11 is 5.99. The number of halogens is 1.